The molecule has 3 rings (SSSR count). The summed E-state index contributed by atoms with van der Waals surface area (Å²) in [5.41, 5.74) is 1.45. The third kappa shape index (κ3) is 5.69. The zero-order valence-corrected chi connectivity index (χ0v) is 20.1. The van der Waals surface area contributed by atoms with Crippen molar-refractivity contribution in [3.05, 3.63) is 17.1 Å². The second kappa shape index (κ2) is 9.74. The largest absolute Gasteiger partial charge is 0.481 e. The van der Waals surface area contributed by atoms with Crippen molar-refractivity contribution in [2.24, 2.45) is 5.92 Å². The number of anilines is 1. The Hall–Kier alpha value is -1.86. The van der Waals surface area contributed by atoms with Crippen molar-refractivity contribution in [1.82, 2.24) is 14.2 Å². The molecule has 1 unspecified atom stereocenters. The Balaban J connectivity index is 1.69. The van der Waals surface area contributed by atoms with Crippen LogP contribution in [0.15, 0.2) is 15.7 Å². The van der Waals surface area contributed by atoms with Crippen molar-refractivity contribution in [1.29, 1.82) is 0 Å². The summed E-state index contributed by atoms with van der Waals surface area (Å²) in [4.78, 5) is 30.2. The zero-order chi connectivity index (χ0) is 22.8. The third-order valence-corrected chi connectivity index (χ3v) is 9.60. The van der Waals surface area contributed by atoms with Crippen molar-refractivity contribution in [3.63, 3.8) is 0 Å². The molecule has 3 heterocycles. The SMILES string of the molecule is Cc1nc(NC(=O)CCC(C)C(=O)O)sc1-c1csc(S(=O)(=O)N2CCN(C)CC2)c1. The smallest absolute Gasteiger partial charge is 0.306 e. The minimum Gasteiger partial charge on any atom is -0.481 e. The lowest BCUT2D eigenvalue weighted by Crippen LogP contribution is -2.46. The number of hydrogen-bond donors (Lipinski definition) is 2. The van der Waals surface area contributed by atoms with Crippen LogP contribution in [0.2, 0.25) is 0 Å². The van der Waals surface area contributed by atoms with Crippen LogP contribution in [-0.4, -0.2) is 72.8 Å². The molecule has 2 aromatic rings. The maximum atomic E-state index is 13.0. The maximum absolute atomic E-state index is 13.0. The number of rotatable bonds is 8. The molecule has 0 spiro atoms. The van der Waals surface area contributed by atoms with Crippen LogP contribution in [0, 0.1) is 12.8 Å². The normalized spacial score (nSPS) is 16.9. The number of sulfonamides is 1. The zero-order valence-electron chi connectivity index (χ0n) is 17.6. The summed E-state index contributed by atoms with van der Waals surface area (Å²) in [6.45, 7) is 5.73. The summed E-state index contributed by atoms with van der Waals surface area (Å²) < 4.78 is 27.7. The first-order valence-corrected chi connectivity index (χ1v) is 13.0. The molecule has 0 bridgehead atoms. The maximum Gasteiger partial charge on any atom is 0.306 e. The van der Waals surface area contributed by atoms with Gasteiger partial charge in [0, 0.05) is 43.5 Å². The number of carbonyl (C=O) groups is 2. The van der Waals surface area contributed by atoms with E-state index in [4.69, 9.17) is 5.11 Å². The number of nitrogens with zero attached hydrogens (tertiary/aromatic N) is 3. The lowest BCUT2D eigenvalue weighted by molar-refractivity contribution is -0.141. The molecule has 1 fully saturated rings. The number of nitrogens with one attached hydrogen (secondary N) is 1. The summed E-state index contributed by atoms with van der Waals surface area (Å²) in [6, 6.07) is 1.67. The van der Waals surface area contributed by atoms with Crippen LogP contribution >= 0.6 is 22.7 Å². The number of thiophene rings is 1. The van der Waals surface area contributed by atoms with Gasteiger partial charge < -0.3 is 15.3 Å². The van der Waals surface area contributed by atoms with E-state index in [0.29, 0.717) is 41.2 Å². The first-order valence-electron chi connectivity index (χ1n) is 9.85. The highest BCUT2D eigenvalue weighted by Gasteiger charge is 2.29. The van der Waals surface area contributed by atoms with Gasteiger partial charge in [0.1, 0.15) is 4.21 Å². The minimum atomic E-state index is -3.53. The molecule has 0 radical (unpaired) electrons. The molecule has 12 heteroatoms. The molecule has 1 saturated heterocycles. The van der Waals surface area contributed by atoms with Crippen LogP contribution < -0.4 is 5.32 Å². The Morgan fingerprint density at radius 2 is 1.97 bits per heavy atom. The summed E-state index contributed by atoms with van der Waals surface area (Å²) in [5, 5.41) is 13.8. The molecule has 2 N–H and O–H groups in total. The van der Waals surface area contributed by atoms with Gasteiger partial charge in [-0.1, -0.05) is 18.3 Å². The molecule has 0 aromatic carbocycles. The van der Waals surface area contributed by atoms with Crippen LogP contribution in [0.1, 0.15) is 25.5 Å². The number of carboxylic acid groups (broad SMARTS) is 1. The first kappa shape index (κ1) is 23.8. The van der Waals surface area contributed by atoms with Crippen molar-refractivity contribution in [2.75, 3.05) is 38.5 Å². The quantitative estimate of drug-likeness (QED) is 0.588. The number of thiazole rings is 1. The highest BCUT2D eigenvalue weighted by atomic mass is 32.2. The van der Waals surface area contributed by atoms with Crippen LogP contribution in [0.4, 0.5) is 5.13 Å². The number of carboxylic acids is 1. The van der Waals surface area contributed by atoms with Crippen molar-refractivity contribution >= 4 is 49.7 Å². The second-order valence-corrected chi connectivity index (χ2v) is 11.7. The Kier molecular flexibility index (Phi) is 7.47. The van der Waals surface area contributed by atoms with Crippen molar-refractivity contribution in [2.45, 2.75) is 30.9 Å². The van der Waals surface area contributed by atoms with Crippen LogP contribution in [-0.2, 0) is 19.6 Å². The number of aryl methyl sites for hydroxylation is 1. The van der Waals surface area contributed by atoms with E-state index in [2.05, 4.69) is 15.2 Å². The van der Waals surface area contributed by atoms with Crippen LogP contribution in [0.3, 0.4) is 0 Å². The number of likely N-dealkylation sites (N-methyl/N-ethyl adjacent to an activating group) is 1. The van der Waals surface area contributed by atoms with E-state index in [-0.39, 0.29) is 18.7 Å². The molecule has 2 aromatic heterocycles. The van der Waals surface area contributed by atoms with Crippen LogP contribution in [0.25, 0.3) is 10.4 Å². The van der Waals surface area contributed by atoms with Gasteiger partial charge in [0.05, 0.1) is 16.5 Å². The number of carbonyl (C=O) groups excluding carboxylic acids is 1. The predicted molar refractivity (Wildman–Crippen MR) is 121 cm³/mol. The van der Waals surface area contributed by atoms with Crippen molar-refractivity contribution < 1.29 is 23.1 Å². The molecule has 31 heavy (non-hydrogen) atoms. The van der Waals surface area contributed by atoms with Gasteiger partial charge in [-0.25, -0.2) is 13.4 Å². The van der Waals surface area contributed by atoms with Crippen LogP contribution in [0.5, 0.6) is 0 Å². The molecular weight excluding hydrogens is 460 g/mol. The van der Waals surface area contributed by atoms with E-state index in [1.807, 2.05) is 7.05 Å². The summed E-state index contributed by atoms with van der Waals surface area (Å²) in [6.07, 6.45) is 0.337. The number of amides is 1. The first-order chi connectivity index (χ1) is 14.6. The van der Waals surface area contributed by atoms with Gasteiger partial charge >= 0.3 is 5.97 Å². The van der Waals surface area contributed by atoms with Gasteiger partial charge in [0.15, 0.2) is 5.13 Å². The fraction of sp³-hybridized carbons (Fsp3) is 0.526. The highest BCUT2D eigenvalue weighted by molar-refractivity contribution is 7.91. The Bertz CT molecular complexity index is 1050. The number of aromatic nitrogens is 1. The van der Waals surface area contributed by atoms with Gasteiger partial charge in [-0.2, -0.15) is 4.31 Å². The van der Waals surface area contributed by atoms with Gasteiger partial charge in [-0.05, 0) is 26.5 Å². The molecule has 0 aliphatic carbocycles. The lowest BCUT2D eigenvalue weighted by Gasteiger charge is -2.31. The number of hydrogen-bond acceptors (Lipinski definition) is 8. The van der Waals surface area contributed by atoms with Gasteiger partial charge in [0.2, 0.25) is 5.91 Å². The molecule has 9 nitrogen and oxygen atoms in total. The molecule has 1 amide bonds. The van der Waals surface area contributed by atoms with E-state index in [1.165, 1.54) is 27.0 Å². The summed E-state index contributed by atoms with van der Waals surface area (Å²) >= 11 is 2.46. The van der Waals surface area contributed by atoms with E-state index in [9.17, 15) is 18.0 Å². The second-order valence-electron chi connectivity index (χ2n) is 7.62. The Morgan fingerprint density at radius 3 is 2.61 bits per heavy atom. The molecule has 1 atom stereocenters. The Labute approximate surface area is 189 Å². The minimum absolute atomic E-state index is 0.0906. The molecule has 1 aliphatic heterocycles. The molecular formula is C19H26N4O5S3. The Morgan fingerprint density at radius 1 is 1.29 bits per heavy atom. The average molecular weight is 487 g/mol. The lowest BCUT2D eigenvalue weighted by atomic mass is 10.1. The standard InChI is InChI=1S/C19H26N4O5S3/c1-12(18(25)26)4-5-15(24)21-19-20-13(2)17(30-19)14-10-16(29-11-14)31(27,28)23-8-6-22(3)7-9-23/h10-12H,4-9H2,1-3H3,(H,25,26)(H,20,21,24). The van der Waals surface area contributed by atoms with Gasteiger partial charge in [-0.3, -0.25) is 9.59 Å². The van der Waals surface area contributed by atoms with Gasteiger partial charge in [0.25, 0.3) is 10.0 Å². The van der Waals surface area contributed by atoms with Gasteiger partial charge in [-0.15, -0.1) is 11.3 Å². The van der Waals surface area contributed by atoms with Crippen molar-refractivity contribution in [3.8, 4) is 10.4 Å². The fourth-order valence-electron chi connectivity index (χ4n) is 3.10. The average Bonchev–Trinajstić information content (AvgIpc) is 3.33. The summed E-state index contributed by atoms with van der Waals surface area (Å²) in [5.74, 6) is -1.82. The van der Waals surface area contributed by atoms with E-state index < -0.39 is 21.9 Å². The van der Waals surface area contributed by atoms with E-state index >= 15 is 0 Å². The number of piperazine rings is 1. The summed E-state index contributed by atoms with van der Waals surface area (Å²) in [7, 11) is -1.55. The molecule has 170 valence electrons. The topological polar surface area (TPSA) is 120 Å². The number of aliphatic carboxylic acids is 1. The third-order valence-electron chi connectivity index (χ3n) is 5.16. The molecule has 1 aliphatic rings. The van der Waals surface area contributed by atoms with E-state index in [0.717, 1.165) is 10.4 Å². The predicted octanol–water partition coefficient (Wildman–Crippen LogP) is 2.56. The fourth-order valence-corrected chi connectivity index (χ4v) is 6.89. The molecule has 0 saturated carbocycles. The van der Waals surface area contributed by atoms with E-state index in [1.54, 1.807) is 25.3 Å². The monoisotopic (exact) mass is 486 g/mol. The highest BCUT2D eigenvalue weighted by Crippen LogP contribution is 2.37.